The quantitative estimate of drug-likeness (QED) is 0.866. The van der Waals surface area contributed by atoms with E-state index < -0.39 is 11.9 Å². The summed E-state index contributed by atoms with van der Waals surface area (Å²) < 4.78 is 5.65. The Bertz CT molecular complexity index is 748. The number of carboxylic acids is 1. The lowest BCUT2D eigenvalue weighted by Gasteiger charge is -2.25. The van der Waals surface area contributed by atoms with Crippen LogP contribution in [-0.2, 0) is 9.59 Å². The van der Waals surface area contributed by atoms with Crippen molar-refractivity contribution in [3.8, 4) is 11.6 Å². The molecule has 2 aromatic rings. The number of nitrogens with zero attached hydrogens (tertiary/aromatic N) is 1. The van der Waals surface area contributed by atoms with Gasteiger partial charge in [0, 0.05) is 29.9 Å². The van der Waals surface area contributed by atoms with E-state index in [1.54, 1.807) is 42.6 Å². The first-order valence-electron chi connectivity index (χ1n) is 8.34. The summed E-state index contributed by atoms with van der Waals surface area (Å²) in [5, 5.41) is 12.0. The number of carbonyl (C=O) groups excluding carboxylic acids is 1. The molecule has 1 aliphatic carbocycles. The molecule has 130 valence electrons. The van der Waals surface area contributed by atoms with Gasteiger partial charge in [-0.05, 0) is 37.5 Å². The number of nitrogens with one attached hydrogen (secondary N) is 1. The van der Waals surface area contributed by atoms with Crippen LogP contribution in [0.25, 0.3) is 0 Å². The van der Waals surface area contributed by atoms with Crippen LogP contribution >= 0.6 is 0 Å². The van der Waals surface area contributed by atoms with Crippen LogP contribution in [0.4, 0.5) is 5.69 Å². The van der Waals surface area contributed by atoms with Crippen molar-refractivity contribution < 1.29 is 19.4 Å². The molecule has 1 amide bonds. The molecule has 0 aliphatic heterocycles. The van der Waals surface area contributed by atoms with Crippen LogP contribution in [0.3, 0.4) is 0 Å². The van der Waals surface area contributed by atoms with Gasteiger partial charge < -0.3 is 15.2 Å². The van der Waals surface area contributed by atoms with E-state index >= 15 is 0 Å². The van der Waals surface area contributed by atoms with Gasteiger partial charge in [0.1, 0.15) is 5.75 Å². The van der Waals surface area contributed by atoms with E-state index in [4.69, 9.17) is 9.84 Å². The number of hydrogen-bond donors (Lipinski definition) is 2. The predicted molar refractivity (Wildman–Crippen MR) is 92.5 cm³/mol. The number of hydrogen-bond acceptors (Lipinski definition) is 4. The van der Waals surface area contributed by atoms with Crippen LogP contribution in [0, 0.1) is 11.8 Å². The van der Waals surface area contributed by atoms with E-state index in [2.05, 4.69) is 10.3 Å². The number of carboxylic acid groups (broad SMARTS) is 1. The van der Waals surface area contributed by atoms with Crippen molar-refractivity contribution in [1.29, 1.82) is 0 Å². The minimum Gasteiger partial charge on any atom is -0.481 e. The van der Waals surface area contributed by atoms with Gasteiger partial charge in [-0.25, -0.2) is 4.98 Å². The molecular formula is C19H20N2O4. The van der Waals surface area contributed by atoms with Gasteiger partial charge >= 0.3 is 5.97 Å². The van der Waals surface area contributed by atoms with E-state index in [1.165, 1.54) is 0 Å². The Morgan fingerprint density at radius 2 is 1.96 bits per heavy atom. The van der Waals surface area contributed by atoms with Gasteiger partial charge in [0.25, 0.3) is 0 Å². The maximum atomic E-state index is 12.4. The van der Waals surface area contributed by atoms with Gasteiger partial charge in [-0.3, -0.25) is 9.59 Å². The average molecular weight is 340 g/mol. The molecule has 1 saturated carbocycles. The molecule has 0 saturated heterocycles. The molecule has 1 fully saturated rings. The second-order valence-electron chi connectivity index (χ2n) is 6.19. The van der Waals surface area contributed by atoms with Crippen molar-refractivity contribution in [2.45, 2.75) is 25.7 Å². The number of benzene rings is 1. The largest absolute Gasteiger partial charge is 0.481 e. The van der Waals surface area contributed by atoms with Gasteiger partial charge in [0.2, 0.25) is 11.8 Å². The van der Waals surface area contributed by atoms with Crippen LogP contribution in [0.2, 0.25) is 0 Å². The molecule has 1 heterocycles. The van der Waals surface area contributed by atoms with Gasteiger partial charge in [-0.15, -0.1) is 0 Å². The third-order valence-electron chi connectivity index (χ3n) is 4.36. The molecule has 3 rings (SSSR count). The van der Waals surface area contributed by atoms with E-state index in [1.807, 2.05) is 6.07 Å². The van der Waals surface area contributed by atoms with Crippen molar-refractivity contribution in [2.75, 3.05) is 5.32 Å². The summed E-state index contributed by atoms with van der Waals surface area (Å²) in [5.41, 5.74) is 0.621. The maximum Gasteiger partial charge on any atom is 0.306 e. The van der Waals surface area contributed by atoms with E-state index in [0.29, 0.717) is 30.2 Å². The molecule has 0 radical (unpaired) electrons. The lowest BCUT2D eigenvalue weighted by Crippen LogP contribution is -2.30. The summed E-state index contributed by atoms with van der Waals surface area (Å²) in [6, 6.07) is 12.5. The summed E-state index contributed by atoms with van der Waals surface area (Å²) >= 11 is 0. The van der Waals surface area contributed by atoms with Gasteiger partial charge in [-0.2, -0.15) is 0 Å². The summed E-state index contributed by atoms with van der Waals surface area (Å²) in [6.07, 6.45) is 4.17. The molecule has 0 spiro atoms. The van der Waals surface area contributed by atoms with Crippen LogP contribution in [0.15, 0.2) is 48.7 Å². The van der Waals surface area contributed by atoms with Crippen molar-refractivity contribution in [3.63, 3.8) is 0 Å². The Balaban J connectivity index is 1.63. The molecule has 1 aromatic heterocycles. The number of anilines is 1. The molecule has 1 aliphatic rings. The Kier molecular flexibility index (Phi) is 5.28. The lowest BCUT2D eigenvalue weighted by molar-refractivity contribution is -0.143. The summed E-state index contributed by atoms with van der Waals surface area (Å²) in [5.74, 6) is -0.603. The smallest absolute Gasteiger partial charge is 0.306 e. The number of carbonyl (C=O) groups is 2. The number of rotatable bonds is 5. The maximum absolute atomic E-state index is 12.4. The third-order valence-corrected chi connectivity index (χ3v) is 4.36. The summed E-state index contributed by atoms with van der Waals surface area (Å²) in [7, 11) is 0. The fourth-order valence-corrected chi connectivity index (χ4v) is 3.06. The lowest BCUT2D eigenvalue weighted by atomic mass is 9.81. The van der Waals surface area contributed by atoms with E-state index in [0.717, 1.165) is 12.8 Å². The molecule has 2 unspecified atom stereocenters. The monoisotopic (exact) mass is 340 g/mol. The minimum atomic E-state index is -0.816. The van der Waals surface area contributed by atoms with Gasteiger partial charge in [0.05, 0.1) is 5.92 Å². The Labute approximate surface area is 145 Å². The van der Waals surface area contributed by atoms with Crippen LogP contribution in [0.5, 0.6) is 11.6 Å². The molecule has 0 bridgehead atoms. The zero-order valence-electron chi connectivity index (χ0n) is 13.7. The van der Waals surface area contributed by atoms with Crippen molar-refractivity contribution in [3.05, 3.63) is 48.7 Å². The standard InChI is InChI=1S/C19H20N2O4/c22-18(13-5-3-6-14(11-13)19(23)24)21-15-7-4-8-16(12-15)25-17-9-1-2-10-20-17/h1-2,4,7-10,12-14H,3,5-6,11H2,(H,21,22)(H,23,24). The molecule has 25 heavy (non-hydrogen) atoms. The van der Waals surface area contributed by atoms with Crippen LogP contribution in [0.1, 0.15) is 25.7 Å². The van der Waals surface area contributed by atoms with E-state index in [9.17, 15) is 9.59 Å². The minimum absolute atomic E-state index is 0.138. The Morgan fingerprint density at radius 1 is 1.12 bits per heavy atom. The number of amides is 1. The topological polar surface area (TPSA) is 88.5 Å². The first kappa shape index (κ1) is 17.0. The molecule has 6 heteroatoms. The Morgan fingerprint density at radius 3 is 2.72 bits per heavy atom. The second-order valence-corrected chi connectivity index (χ2v) is 6.19. The highest BCUT2D eigenvalue weighted by Crippen LogP contribution is 2.30. The number of ether oxygens (including phenoxy) is 1. The SMILES string of the molecule is O=C(O)C1CCCC(C(=O)Nc2cccc(Oc3ccccn3)c2)C1. The first-order valence-corrected chi connectivity index (χ1v) is 8.34. The van der Waals surface area contributed by atoms with Crippen molar-refractivity contribution >= 4 is 17.6 Å². The zero-order chi connectivity index (χ0) is 17.6. The van der Waals surface area contributed by atoms with Crippen LogP contribution in [-0.4, -0.2) is 22.0 Å². The average Bonchev–Trinajstić information content (AvgIpc) is 2.63. The molecular weight excluding hydrogens is 320 g/mol. The third kappa shape index (κ3) is 4.56. The van der Waals surface area contributed by atoms with Crippen molar-refractivity contribution in [2.24, 2.45) is 11.8 Å². The number of aromatic nitrogens is 1. The highest BCUT2D eigenvalue weighted by Gasteiger charge is 2.31. The normalized spacial score (nSPS) is 19.8. The first-order chi connectivity index (χ1) is 12.1. The predicted octanol–water partition coefficient (Wildman–Crippen LogP) is 3.70. The van der Waals surface area contributed by atoms with Crippen molar-refractivity contribution in [1.82, 2.24) is 4.98 Å². The van der Waals surface area contributed by atoms with Gasteiger partial charge in [-0.1, -0.05) is 18.6 Å². The van der Waals surface area contributed by atoms with Crippen LogP contribution < -0.4 is 10.1 Å². The van der Waals surface area contributed by atoms with E-state index in [-0.39, 0.29) is 11.8 Å². The molecule has 1 aromatic carbocycles. The molecule has 6 nitrogen and oxygen atoms in total. The number of aliphatic carboxylic acids is 1. The fraction of sp³-hybridized carbons (Fsp3) is 0.316. The second kappa shape index (κ2) is 7.79. The number of pyridine rings is 1. The summed E-state index contributed by atoms with van der Waals surface area (Å²) in [6.45, 7) is 0. The fourth-order valence-electron chi connectivity index (χ4n) is 3.06. The van der Waals surface area contributed by atoms with Gasteiger partial charge in [0.15, 0.2) is 0 Å². The Hall–Kier alpha value is -2.89. The summed E-state index contributed by atoms with van der Waals surface area (Å²) in [4.78, 5) is 27.7. The highest BCUT2D eigenvalue weighted by atomic mass is 16.5. The molecule has 2 N–H and O–H groups in total. The highest BCUT2D eigenvalue weighted by molar-refractivity contribution is 5.93. The molecule has 2 atom stereocenters. The zero-order valence-corrected chi connectivity index (χ0v) is 13.7.